The lowest BCUT2D eigenvalue weighted by Gasteiger charge is -2.14. The third-order valence-electron chi connectivity index (χ3n) is 2.24. The van der Waals surface area contributed by atoms with Crippen LogP contribution in [0, 0.1) is 0 Å². The predicted molar refractivity (Wildman–Crippen MR) is 70.5 cm³/mol. The number of carboxylic acids is 1. The van der Waals surface area contributed by atoms with Gasteiger partial charge in [0.15, 0.2) is 0 Å². The second-order valence-electron chi connectivity index (χ2n) is 3.78. The van der Waals surface area contributed by atoms with Gasteiger partial charge < -0.3 is 15.7 Å². The van der Waals surface area contributed by atoms with Gasteiger partial charge in [-0.3, -0.25) is 0 Å². The summed E-state index contributed by atoms with van der Waals surface area (Å²) >= 11 is 1.78. The molecule has 0 aromatic carbocycles. The molecule has 17 heavy (non-hydrogen) atoms. The van der Waals surface area contributed by atoms with Gasteiger partial charge in [-0.1, -0.05) is 13.3 Å². The molecule has 0 aromatic rings. The first kappa shape index (κ1) is 16.1. The minimum atomic E-state index is -0.982. The van der Waals surface area contributed by atoms with Crippen molar-refractivity contribution in [3.63, 3.8) is 0 Å². The molecule has 0 aliphatic heterocycles. The first-order valence-electron chi connectivity index (χ1n) is 5.88. The molecule has 0 aliphatic carbocycles. The molecule has 0 radical (unpaired) electrons. The summed E-state index contributed by atoms with van der Waals surface area (Å²) in [6, 6.07) is -1.18. The largest absolute Gasteiger partial charge is 0.480 e. The summed E-state index contributed by atoms with van der Waals surface area (Å²) in [6.45, 7) is 2.47. The smallest absolute Gasteiger partial charge is 0.326 e. The molecule has 2 amide bonds. The zero-order chi connectivity index (χ0) is 13.1. The number of carbonyl (C=O) groups excluding carboxylic acids is 1. The normalized spacial score (nSPS) is 11.9. The molecule has 0 fully saturated rings. The highest BCUT2D eigenvalue weighted by Gasteiger charge is 2.17. The third kappa shape index (κ3) is 8.85. The van der Waals surface area contributed by atoms with Crippen molar-refractivity contribution in [1.82, 2.24) is 10.6 Å². The molecule has 0 bridgehead atoms. The molecule has 0 saturated carbocycles. The monoisotopic (exact) mass is 262 g/mol. The zero-order valence-corrected chi connectivity index (χ0v) is 11.3. The fourth-order valence-electron chi connectivity index (χ4n) is 1.33. The Labute approximate surface area is 107 Å². The van der Waals surface area contributed by atoms with Crippen molar-refractivity contribution >= 4 is 23.8 Å². The molecule has 1 atom stereocenters. The molecule has 0 rings (SSSR count). The van der Waals surface area contributed by atoms with E-state index in [0.29, 0.717) is 13.0 Å². The fourth-order valence-corrected chi connectivity index (χ4v) is 1.82. The number of rotatable bonds is 9. The summed E-state index contributed by atoms with van der Waals surface area (Å²) in [5.41, 5.74) is 0. The molecule has 100 valence electrons. The summed E-state index contributed by atoms with van der Waals surface area (Å²) in [6.07, 6.45) is 5.20. The van der Waals surface area contributed by atoms with Crippen molar-refractivity contribution in [1.29, 1.82) is 0 Å². The highest BCUT2D eigenvalue weighted by molar-refractivity contribution is 7.98. The number of aliphatic carboxylic acids is 1. The van der Waals surface area contributed by atoms with Gasteiger partial charge in [-0.25, -0.2) is 9.59 Å². The third-order valence-corrected chi connectivity index (χ3v) is 2.94. The maximum absolute atomic E-state index is 11.4. The Hall–Kier alpha value is -0.910. The molecule has 3 N–H and O–H groups in total. The van der Waals surface area contributed by atoms with Crippen LogP contribution in [0.4, 0.5) is 4.79 Å². The topological polar surface area (TPSA) is 78.4 Å². The van der Waals surface area contributed by atoms with E-state index in [1.807, 2.05) is 13.2 Å². The van der Waals surface area contributed by atoms with Crippen molar-refractivity contribution in [3.8, 4) is 0 Å². The number of amides is 2. The Morgan fingerprint density at radius 1 is 1.35 bits per heavy atom. The van der Waals surface area contributed by atoms with Crippen LogP contribution in [0.25, 0.3) is 0 Å². The molecule has 5 nitrogen and oxygen atoms in total. The Bertz CT molecular complexity index is 237. The molecular formula is C11H22N2O3S. The number of hydrogen-bond donors (Lipinski definition) is 3. The van der Waals surface area contributed by atoms with Crippen LogP contribution in [0.2, 0.25) is 0 Å². The SMILES string of the molecule is CCCC(NC(=O)NCCCCSC)C(=O)O. The second kappa shape index (κ2) is 10.3. The van der Waals surface area contributed by atoms with E-state index in [-0.39, 0.29) is 0 Å². The van der Waals surface area contributed by atoms with E-state index in [0.717, 1.165) is 25.0 Å². The number of thioether (sulfide) groups is 1. The van der Waals surface area contributed by atoms with Crippen molar-refractivity contribution < 1.29 is 14.7 Å². The van der Waals surface area contributed by atoms with E-state index in [2.05, 4.69) is 10.6 Å². The highest BCUT2D eigenvalue weighted by atomic mass is 32.2. The van der Waals surface area contributed by atoms with Crippen LogP contribution in [0.15, 0.2) is 0 Å². The van der Waals surface area contributed by atoms with Gasteiger partial charge >= 0.3 is 12.0 Å². The summed E-state index contributed by atoms with van der Waals surface area (Å²) in [5, 5.41) is 14.0. The quantitative estimate of drug-likeness (QED) is 0.552. The van der Waals surface area contributed by atoms with Crippen LogP contribution < -0.4 is 10.6 Å². The lowest BCUT2D eigenvalue weighted by molar-refractivity contribution is -0.139. The molecule has 0 saturated heterocycles. The number of nitrogens with one attached hydrogen (secondary N) is 2. The van der Waals surface area contributed by atoms with E-state index < -0.39 is 18.0 Å². The molecule has 0 spiro atoms. The standard InChI is InChI=1S/C11H22N2O3S/c1-3-6-9(10(14)15)13-11(16)12-7-4-5-8-17-2/h9H,3-8H2,1-2H3,(H,14,15)(H2,12,13,16). The molecule has 0 aliphatic rings. The average Bonchev–Trinajstić information content (AvgIpc) is 2.28. The Morgan fingerprint density at radius 3 is 2.59 bits per heavy atom. The van der Waals surface area contributed by atoms with Crippen LogP contribution in [-0.2, 0) is 4.79 Å². The number of carboxylic acid groups (broad SMARTS) is 1. The van der Waals surface area contributed by atoms with E-state index >= 15 is 0 Å². The molecule has 6 heteroatoms. The predicted octanol–water partition coefficient (Wildman–Crippen LogP) is 1.68. The van der Waals surface area contributed by atoms with Gasteiger partial charge in [0.25, 0.3) is 0 Å². The van der Waals surface area contributed by atoms with Gasteiger partial charge in [0.2, 0.25) is 0 Å². The molecule has 0 aromatic heterocycles. The van der Waals surface area contributed by atoms with Gasteiger partial charge in [0.05, 0.1) is 0 Å². The summed E-state index contributed by atoms with van der Waals surface area (Å²) in [7, 11) is 0. The zero-order valence-electron chi connectivity index (χ0n) is 10.5. The van der Waals surface area contributed by atoms with Gasteiger partial charge in [0.1, 0.15) is 6.04 Å². The molecule has 1 unspecified atom stereocenters. The average molecular weight is 262 g/mol. The molecule has 0 heterocycles. The van der Waals surface area contributed by atoms with E-state index in [4.69, 9.17) is 5.11 Å². The van der Waals surface area contributed by atoms with Crippen LogP contribution >= 0.6 is 11.8 Å². The highest BCUT2D eigenvalue weighted by Crippen LogP contribution is 1.98. The first-order chi connectivity index (χ1) is 8.11. The van der Waals surface area contributed by atoms with Gasteiger partial charge in [-0.15, -0.1) is 0 Å². The minimum absolute atomic E-state index is 0.394. The van der Waals surface area contributed by atoms with Crippen LogP contribution in [0.5, 0.6) is 0 Å². The number of carbonyl (C=O) groups is 2. The van der Waals surface area contributed by atoms with Crippen molar-refractivity contribution in [2.45, 2.75) is 38.6 Å². The van der Waals surface area contributed by atoms with E-state index in [1.54, 1.807) is 11.8 Å². The van der Waals surface area contributed by atoms with Crippen LogP contribution in [0.1, 0.15) is 32.6 Å². The van der Waals surface area contributed by atoms with Gasteiger partial charge in [0, 0.05) is 6.54 Å². The van der Waals surface area contributed by atoms with Crippen molar-refractivity contribution in [3.05, 3.63) is 0 Å². The Balaban J connectivity index is 3.71. The van der Waals surface area contributed by atoms with Gasteiger partial charge in [-0.05, 0) is 31.3 Å². The minimum Gasteiger partial charge on any atom is -0.480 e. The molecular weight excluding hydrogens is 240 g/mol. The first-order valence-corrected chi connectivity index (χ1v) is 7.27. The summed E-state index contributed by atoms with van der Waals surface area (Å²) < 4.78 is 0. The number of unbranched alkanes of at least 4 members (excludes halogenated alkanes) is 1. The van der Waals surface area contributed by atoms with Gasteiger partial charge in [-0.2, -0.15) is 11.8 Å². The number of hydrogen-bond acceptors (Lipinski definition) is 3. The van der Waals surface area contributed by atoms with Crippen molar-refractivity contribution in [2.24, 2.45) is 0 Å². The lowest BCUT2D eigenvalue weighted by atomic mass is 10.2. The summed E-state index contributed by atoms with van der Waals surface area (Å²) in [4.78, 5) is 22.2. The Kier molecular flexibility index (Phi) is 9.71. The van der Waals surface area contributed by atoms with E-state index in [1.165, 1.54) is 0 Å². The lowest BCUT2D eigenvalue weighted by Crippen LogP contribution is -2.46. The Morgan fingerprint density at radius 2 is 2.06 bits per heavy atom. The maximum atomic E-state index is 11.4. The van der Waals surface area contributed by atoms with Crippen molar-refractivity contribution in [2.75, 3.05) is 18.6 Å². The fraction of sp³-hybridized carbons (Fsp3) is 0.818. The maximum Gasteiger partial charge on any atom is 0.326 e. The second-order valence-corrected chi connectivity index (χ2v) is 4.77. The van der Waals surface area contributed by atoms with Crippen LogP contribution in [-0.4, -0.2) is 41.7 Å². The summed E-state index contributed by atoms with van der Waals surface area (Å²) in [5.74, 6) is 0.0982. The van der Waals surface area contributed by atoms with Crippen LogP contribution in [0.3, 0.4) is 0 Å². The van der Waals surface area contributed by atoms with E-state index in [9.17, 15) is 9.59 Å². The number of urea groups is 1.